The van der Waals surface area contributed by atoms with Gasteiger partial charge in [0.05, 0.1) is 28.4 Å². The number of nitrogens with two attached hydrogens (primary N) is 1. The second-order valence-electron chi connectivity index (χ2n) is 6.24. The molecule has 1 aliphatic heterocycles. The molecule has 0 saturated carbocycles. The third kappa shape index (κ3) is 2.84. The van der Waals surface area contributed by atoms with Crippen LogP contribution >= 0.6 is 0 Å². The standard InChI is InChI=1S/C16H22N4O/c1-11-15(19-14-7-5-4-6-13(14)18-11)20-9-12(8-17)21-16(2,3)10-20/h4-7,12H,8-10,17H2,1-3H3. The monoisotopic (exact) mass is 286 g/mol. The molecule has 2 aromatic rings. The molecular formula is C16H22N4O. The van der Waals surface area contributed by atoms with Gasteiger partial charge >= 0.3 is 0 Å². The zero-order chi connectivity index (χ0) is 15.0. The maximum Gasteiger partial charge on any atom is 0.150 e. The Hall–Kier alpha value is -1.72. The predicted molar refractivity (Wildman–Crippen MR) is 84.5 cm³/mol. The summed E-state index contributed by atoms with van der Waals surface area (Å²) in [6.45, 7) is 8.25. The lowest BCUT2D eigenvalue weighted by Crippen LogP contribution is -2.55. The average molecular weight is 286 g/mol. The first-order valence-electron chi connectivity index (χ1n) is 7.35. The summed E-state index contributed by atoms with van der Waals surface area (Å²) in [4.78, 5) is 11.7. The molecule has 0 bridgehead atoms. The Morgan fingerprint density at radius 2 is 1.95 bits per heavy atom. The molecule has 1 saturated heterocycles. The Bertz CT molecular complexity index is 656. The van der Waals surface area contributed by atoms with Crippen molar-refractivity contribution in [2.45, 2.75) is 32.5 Å². The summed E-state index contributed by atoms with van der Waals surface area (Å²) in [6, 6.07) is 7.96. The number of aromatic nitrogens is 2. The molecule has 1 aromatic heterocycles. The van der Waals surface area contributed by atoms with Crippen molar-refractivity contribution in [2.24, 2.45) is 5.73 Å². The van der Waals surface area contributed by atoms with Crippen molar-refractivity contribution in [3.8, 4) is 0 Å². The molecule has 1 unspecified atom stereocenters. The van der Waals surface area contributed by atoms with Gasteiger partial charge < -0.3 is 15.4 Å². The summed E-state index contributed by atoms with van der Waals surface area (Å²) in [5.74, 6) is 0.934. The summed E-state index contributed by atoms with van der Waals surface area (Å²) in [5, 5.41) is 0. The molecule has 0 aliphatic carbocycles. The van der Waals surface area contributed by atoms with Crippen molar-refractivity contribution >= 4 is 16.9 Å². The topological polar surface area (TPSA) is 64.3 Å². The highest BCUT2D eigenvalue weighted by Crippen LogP contribution is 2.27. The van der Waals surface area contributed by atoms with Crippen molar-refractivity contribution in [3.05, 3.63) is 30.0 Å². The molecule has 1 atom stereocenters. The van der Waals surface area contributed by atoms with Crippen molar-refractivity contribution in [1.82, 2.24) is 9.97 Å². The van der Waals surface area contributed by atoms with Gasteiger partial charge in [-0.25, -0.2) is 9.97 Å². The van der Waals surface area contributed by atoms with E-state index in [4.69, 9.17) is 15.5 Å². The van der Waals surface area contributed by atoms with Crippen molar-refractivity contribution < 1.29 is 4.74 Å². The molecule has 5 heteroatoms. The molecule has 112 valence electrons. The van der Waals surface area contributed by atoms with Gasteiger partial charge in [-0.1, -0.05) is 12.1 Å². The number of anilines is 1. The van der Waals surface area contributed by atoms with Crippen LogP contribution in [0.15, 0.2) is 24.3 Å². The van der Waals surface area contributed by atoms with E-state index in [1.165, 1.54) is 0 Å². The third-order valence-corrected chi connectivity index (χ3v) is 3.76. The fraction of sp³-hybridized carbons (Fsp3) is 0.500. The zero-order valence-corrected chi connectivity index (χ0v) is 12.8. The molecule has 2 N–H and O–H groups in total. The van der Waals surface area contributed by atoms with Crippen LogP contribution in [0.5, 0.6) is 0 Å². The molecular weight excluding hydrogens is 264 g/mol. The molecule has 0 amide bonds. The van der Waals surface area contributed by atoms with E-state index in [9.17, 15) is 0 Å². The van der Waals surface area contributed by atoms with E-state index in [0.29, 0.717) is 6.54 Å². The largest absolute Gasteiger partial charge is 0.367 e. The number of morpholine rings is 1. The van der Waals surface area contributed by atoms with Gasteiger partial charge in [-0.15, -0.1) is 0 Å². The van der Waals surface area contributed by atoms with Crippen LogP contribution in [0, 0.1) is 6.92 Å². The number of nitrogens with zero attached hydrogens (tertiary/aromatic N) is 3. The number of fused-ring (bicyclic) bond motifs is 1. The van der Waals surface area contributed by atoms with Crippen LogP contribution in [0.1, 0.15) is 19.5 Å². The Balaban J connectivity index is 2.00. The minimum absolute atomic E-state index is 0.0291. The lowest BCUT2D eigenvalue weighted by atomic mass is 10.0. The summed E-state index contributed by atoms with van der Waals surface area (Å²) in [5.41, 5.74) is 8.37. The molecule has 21 heavy (non-hydrogen) atoms. The van der Waals surface area contributed by atoms with E-state index in [2.05, 4.69) is 23.7 Å². The first-order chi connectivity index (χ1) is 9.98. The van der Waals surface area contributed by atoms with Crippen LogP contribution in [0.3, 0.4) is 0 Å². The van der Waals surface area contributed by atoms with E-state index in [1.807, 2.05) is 31.2 Å². The number of hydrogen-bond donors (Lipinski definition) is 1. The van der Waals surface area contributed by atoms with Gasteiger partial charge in [0.2, 0.25) is 0 Å². The number of hydrogen-bond acceptors (Lipinski definition) is 5. The summed E-state index contributed by atoms with van der Waals surface area (Å²) >= 11 is 0. The molecule has 1 fully saturated rings. The normalized spacial score (nSPS) is 21.7. The number of rotatable bonds is 2. The van der Waals surface area contributed by atoms with Crippen LogP contribution in [0.2, 0.25) is 0 Å². The van der Waals surface area contributed by atoms with Gasteiger partial charge in [-0.05, 0) is 32.9 Å². The lowest BCUT2D eigenvalue weighted by molar-refractivity contribution is -0.0790. The predicted octanol–water partition coefficient (Wildman–Crippen LogP) is 1.88. The molecule has 1 aromatic carbocycles. The maximum atomic E-state index is 5.99. The summed E-state index contributed by atoms with van der Waals surface area (Å²) in [6.07, 6.45) is 0.0291. The van der Waals surface area contributed by atoms with Gasteiger partial charge in [-0.2, -0.15) is 0 Å². The molecule has 1 aliphatic rings. The van der Waals surface area contributed by atoms with E-state index in [0.717, 1.165) is 35.6 Å². The number of ether oxygens (including phenoxy) is 1. The number of aryl methyl sites for hydroxylation is 1. The summed E-state index contributed by atoms with van der Waals surface area (Å²) in [7, 11) is 0. The van der Waals surface area contributed by atoms with E-state index in [1.54, 1.807) is 0 Å². The highest BCUT2D eigenvalue weighted by molar-refractivity contribution is 5.76. The molecule has 3 rings (SSSR count). The molecule has 5 nitrogen and oxygen atoms in total. The fourth-order valence-electron chi connectivity index (χ4n) is 2.96. The van der Waals surface area contributed by atoms with Crippen molar-refractivity contribution in [2.75, 3.05) is 24.5 Å². The Morgan fingerprint density at radius 1 is 1.29 bits per heavy atom. The molecule has 0 spiro atoms. The highest BCUT2D eigenvalue weighted by atomic mass is 16.5. The quantitative estimate of drug-likeness (QED) is 0.913. The Kier molecular flexibility index (Phi) is 3.55. The fourth-order valence-corrected chi connectivity index (χ4v) is 2.96. The average Bonchev–Trinajstić information content (AvgIpc) is 2.44. The van der Waals surface area contributed by atoms with Crippen molar-refractivity contribution in [3.63, 3.8) is 0 Å². The Labute approximate surface area is 125 Å². The molecule has 0 radical (unpaired) electrons. The van der Waals surface area contributed by atoms with Crippen LogP contribution in [-0.2, 0) is 4.74 Å². The highest BCUT2D eigenvalue weighted by Gasteiger charge is 2.34. The number of benzene rings is 1. The lowest BCUT2D eigenvalue weighted by Gasteiger charge is -2.43. The molecule has 2 heterocycles. The number of para-hydroxylation sites is 2. The van der Waals surface area contributed by atoms with E-state index in [-0.39, 0.29) is 11.7 Å². The van der Waals surface area contributed by atoms with Crippen LogP contribution in [-0.4, -0.2) is 41.3 Å². The van der Waals surface area contributed by atoms with Crippen LogP contribution in [0.4, 0.5) is 5.82 Å². The first-order valence-corrected chi connectivity index (χ1v) is 7.35. The smallest absolute Gasteiger partial charge is 0.150 e. The van der Waals surface area contributed by atoms with Gasteiger partial charge in [0.1, 0.15) is 0 Å². The van der Waals surface area contributed by atoms with E-state index >= 15 is 0 Å². The minimum Gasteiger partial charge on any atom is -0.367 e. The SMILES string of the molecule is Cc1nc2ccccc2nc1N1CC(CN)OC(C)(C)C1. The van der Waals surface area contributed by atoms with Crippen LogP contribution < -0.4 is 10.6 Å². The first kappa shape index (κ1) is 14.2. The third-order valence-electron chi connectivity index (χ3n) is 3.76. The van der Waals surface area contributed by atoms with E-state index < -0.39 is 0 Å². The second kappa shape index (κ2) is 5.24. The van der Waals surface area contributed by atoms with Crippen molar-refractivity contribution in [1.29, 1.82) is 0 Å². The van der Waals surface area contributed by atoms with Gasteiger partial charge in [-0.3, -0.25) is 0 Å². The van der Waals surface area contributed by atoms with Gasteiger partial charge in [0.25, 0.3) is 0 Å². The summed E-state index contributed by atoms with van der Waals surface area (Å²) < 4.78 is 5.99. The van der Waals surface area contributed by atoms with Crippen LogP contribution in [0.25, 0.3) is 11.0 Å². The zero-order valence-electron chi connectivity index (χ0n) is 12.8. The minimum atomic E-state index is -0.234. The van der Waals surface area contributed by atoms with Gasteiger partial charge in [0.15, 0.2) is 5.82 Å². The maximum absolute atomic E-state index is 5.99. The Morgan fingerprint density at radius 3 is 2.62 bits per heavy atom. The van der Waals surface area contributed by atoms with Gasteiger partial charge in [0, 0.05) is 19.6 Å². The second-order valence-corrected chi connectivity index (χ2v) is 6.24.